The van der Waals surface area contributed by atoms with Crippen LogP contribution < -0.4 is 21.1 Å². The Hall–Kier alpha value is -4.44. The zero-order valence-corrected chi connectivity index (χ0v) is 30.3. The number of fused-ring (bicyclic) bond motifs is 13. The number of hydrogen-bond donors (Lipinski definition) is 7. The van der Waals surface area contributed by atoms with E-state index < -0.39 is 48.6 Å². The summed E-state index contributed by atoms with van der Waals surface area (Å²) in [5.74, 6) is -2.49. The molecule has 1 aromatic heterocycles. The first-order valence-corrected chi connectivity index (χ1v) is 18.0. The molecule has 1 fully saturated rings. The number of ether oxygens (including phenoxy) is 5. The second kappa shape index (κ2) is 19.8. The number of aliphatic hydroxyl groups excluding tert-OH is 3. The zero-order chi connectivity index (χ0) is 38.6. The van der Waals surface area contributed by atoms with Gasteiger partial charge in [-0.15, -0.1) is 0 Å². The van der Waals surface area contributed by atoms with Crippen LogP contribution in [0.4, 0.5) is 11.5 Å². The van der Waals surface area contributed by atoms with E-state index in [1.807, 2.05) is 47.8 Å². The molecule has 4 bridgehead atoms. The number of benzene rings is 2. The molecule has 54 heavy (non-hydrogen) atoms. The van der Waals surface area contributed by atoms with Crippen LogP contribution >= 0.6 is 11.9 Å². The van der Waals surface area contributed by atoms with Crippen molar-refractivity contribution in [2.75, 3.05) is 64.2 Å². The largest absolute Gasteiger partial charge is 0.489 e. The third kappa shape index (κ3) is 10.8. The Morgan fingerprint density at radius 1 is 1.04 bits per heavy atom. The second-order valence-electron chi connectivity index (χ2n) is 12.2. The first-order valence-electron chi connectivity index (χ1n) is 17.2. The highest BCUT2D eigenvalue weighted by atomic mass is 32.2. The summed E-state index contributed by atoms with van der Waals surface area (Å²) in [5.41, 5.74) is 8.44. The molecule has 5 unspecified atom stereocenters. The maximum Gasteiger partial charge on any atom is 0.335 e. The summed E-state index contributed by atoms with van der Waals surface area (Å²) in [7, 11) is 1.81. The Morgan fingerprint density at radius 3 is 2.52 bits per heavy atom. The van der Waals surface area contributed by atoms with Gasteiger partial charge >= 0.3 is 11.9 Å². The number of carboxylic acid groups (broad SMARTS) is 1. The van der Waals surface area contributed by atoms with Gasteiger partial charge < -0.3 is 60.5 Å². The van der Waals surface area contributed by atoms with Gasteiger partial charge in [0, 0.05) is 42.1 Å². The third-order valence-corrected chi connectivity index (χ3v) is 9.40. The van der Waals surface area contributed by atoms with Gasteiger partial charge in [0.05, 0.1) is 44.0 Å². The molecule has 18 nitrogen and oxygen atoms in total. The van der Waals surface area contributed by atoms with Crippen LogP contribution in [-0.2, 0) is 35.1 Å². The number of nitrogens with two attached hydrogens (primary N) is 1. The van der Waals surface area contributed by atoms with Gasteiger partial charge in [-0.05, 0) is 43.6 Å². The topological polar surface area (TPSA) is 257 Å². The molecule has 19 heteroatoms. The lowest BCUT2D eigenvalue weighted by atomic mass is 9.99. The lowest BCUT2D eigenvalue weighted by molar-refractivity contribution is -0.286. The Kier molecular flexibility index (Phi) is 14.9. The standard InChI is InChI=1S/C35H44N6O12S/c1-37-18-21-4-2-5-23-30(21)51-17-16-50-15-14-49-13-12-41(11-3-6-25(42)52-35-29(45)27(43)28(44)31(53-35)34(47)48)54-22-9-7-20(8-10-22)24-19-38-32(36)26(39-24)33(46)40-23/h2,4-5,7-10,19,27-29,31,35,37,43-45H,3,6,11-18H2,1H3,(H2,36,38)(H,40,46)(H,47,48). The number of anilines is 2. The van der Waals surface area contributed by atoms with Crippen LogP contribution in [0.1, 0.15) is 28.9 Å². The van der Waals surface area contributed by atoms with Crippen molar-refractivity contribution in [2.24, 2.45) is 0 Å². The molecule has 4 heterocycles. The maximum absolute atomic E-state index is 13.5. The lowest BCUT2D eigenvalue weighted by Gasteiger charge is -2.37. The molecule has 1 amide bonds. The normalized spacial score (nSPS) is 23.2. The average molecular weight is 773 g/mol. The summed E-state index contributed by atoms with van der Waals surface area (Å²) in [4.78, 5) is 47.1. The number of amides is 1. The number of carbonyl (C=O) groups is 3. The van der Waals surface area contributed by atoms with Crippen LogP contribution in [0.5, 0.6) is 5.75 Å². The van der Waals surface area contributed by atoms with E-state index in [2.05, 4.69) is 20.6 Å². The van der Waals surface area contributed by atoms with Gasteiger partial charge in [0.2, 0.25) is 6.29 Å². The minimum atomic E-state index is -1.90. The fraction of sp³-hybridized carbons (Fsp3) is 0.457. The van der Waals surface area contributed by atoms with E-state index in [4.69, 9.17) is 29.4 Å². The van der Waals surface area contributed by atoms with Crippen LogP contribution in [-0.4, -0.2) is 136 Å². The molecule has 292 valence electrons. The van der Waals surface area contributed by atoms with Gasteiger partial charge in [-0.1, -0.05) is 24.3 Å². The van der Waals surface area contributed by atoms with Gasteiger partial charge in [0.1, 0.15) is 30.7 Å². The van der Waals surface area contributed by atoms with E-state index in [-0.39, 0.29) is 31.1 Å². The molecular weight excluding hydrogens is 728 g/mol. The highest BCUT2D eigenvalue weighted by Crippen LogP contribution is 2.31. The summed E-state index contributed by atoms with van der Waals surface area (Å²) in [6, 6.07) is 12.8. The average Bonchev–Trinajstić information content (AvgIpc) is 3.15. The number of aliphatic hydroxyl groups is 3. The summed E-state index contributed by atoms with van der Waals surface area (Å²) in [6.45, 7) is 2.79. The first kappa shape index (κ1) is 40.7. The van der Waals surface area contributed by atoms with Crippen molar-refractivity contribution in [3.8, 4) is 17.0 Å². The highest BCUT2D eigenvalue weighted by Gasteiger charge is 2.48. The van der Waals surface area contributed by atoms with Crippen LogP contribution in [0.3, 0.4) is 0 Å². The molecule has 1 saturated heterocycles. The first-order chi connectivity index (χ1) is 26.0. The number of para-hydroxylation sites is 1. The number of carbonyl (C=O) groups excluding carboxylic acids is 2. The van der Waals surface area contributed by atoms with Crippen LogP contribution in [0.25, 0.3) is 11.3 Å². The van der Waals surface area contributed by atoms with Gasteiger partial charge in [-0.25, -0.2) is 19.1 Å². The summed E-state index contributed by atoms with van der Waals surface area (Å²) in [5, 5.41) is 45.3. The maximum atomic E-state index is 13.5. The van der Waals surface area contributed by atoms with Crippen molar-refractivity contribution in [3.05, 3.63) is 59.9 Å². The molecule has 0 saturated carbocycles. The number of aromatic nitrogens is 2. The molecule has 3 aliphatic rings. The van der Waals surface area contributed by atoms with E-state index in [0.29, 0.717) is 68.6 Å². The Balaban J connectivity index is 1.27. The molecule has 3 aliphatic heterocycles. The number of esters is 1. The monoisotopic (exact) mass is 772 g/mol. The second-order valence-corrected chi connectivity index (χ2v) is 13.4. The number of aliphatic carboxylic acids is 1. The van der Waals surface area contributed by atoms with Gasteiger partial charge in [-0.2, -0.15) is 0 Å². The van der Waals surface area contributed by atoms with E-state index in [0.717, 1.165) is 10.5 Å². The summed E-state index contributed by atoms with van der Waals surface area (Å²) in [6.07, 6.45) is -7.61. The van der Waals surface area contributed by atoms with E-state index in [9.17, 15) is 34.8 Å². The highest BCUT2D eigenvalue weighted by molar-refractivity contribution is 7.97. The minimum Gasteiger partial charge on any atom is -0.489 e. The SMILES string of the molecule is CNCc1cccc2c1OCCOCCOCCN(CCCC(=O)OC1OC(C(=O)O)C(O)C(O)C1O)Sc1ccc(cc1)-c1cnc(N)c(n1)C(=O)N2. The van der Waals surface area contributed by atoms with Gasteiger partial charge in [0.25, 0.3) is 5.91 Å². The predicted molar refractivity (Wildman–Crippen MR) is 193 cm³/mol. The van der Waals surface area contributed by atoms with Crippen LogP contribution in [0, 0.1) is 0 Å². The van der Waals surface area contributed by atoms with Gasteiger partial charge in [-0.3, -0.25) is 9.59 Å². The number of nitrogens with zero attached hydrogens (tertiary/aromatic N) is 3. The molecule has 2 aromatic carbocycles. The fourth-order valence-electron chi connectivity index (χ4n) is 5.54. The predicted octanol–water partition coefficient (Wildman–Crippen LogP) is 0.648. The van der Waals surface area contributed by atoms with Crippen molar-refractivity contribution in [1.29, 1.82) is 0 Å². The number of rotatable bonds is 8. The van der Waals surface area contributed by atoms with Gasteiger partial charge in [0.15, 0.2) is 17.6 Å². The van der Waals surface area contributed by atoms with Crippen LogP contribution in [0.2, 0.25) is 0 Å². The van der Waals surface area contributed by atoms with E-state index >= 15 is 0 Å². The lowest BCUT2D eigenvalue weighted by Crippen LogP contribution is -2.60. The molecular formula is C35H44N6O12S. The number of nitrogens with one attached hydrogen (secondary N) is 2. The Labute approximate surface area is 315 Å². The molecule has 0 aliphatic carbocycles. The van der Waals surface area contributed by atoms with Crippen molar-refractivity contribution < 1.29 is 58.5 Å². The third-order valence-electron chi connectivity index (χ3n) is 8.29. The van der Waals surface area contributed by atoms with Crippen LogP contribution in [0.15, 0.2) is 53.6 Å². The molecule has 8 N–H and O–H groups in total. The molecule has 0 radical (unpaired) electrons. The Bertz CT molecular complexity index is 1740. The molecule has 6 rings (SSSR count). The zero-order valence-electron chi connectivity index (χ0n) is 29.5. The smallest absolute Gasteiger partial charge is 0.335 e. The quantitative estimate of drug-likeness (QED) is 0.0942. The molecule has 3 aromatic rings. The summed E-state index contributed by atoms with van der Waals surface area (Å²) < 4.78 is 29.8. The van der Waals surface area contributed by atoms with Crippen molar-refractivity contribution in [1.82, 2.24) is 19.6 Å². The minimum absolute atomic E-state index is 0.0369. The van der Waals surface area contributed by atoms with E-state index in [1.54, 1.807) is 6.07 Å². The van der Waals surface area contributed by atoms with Crippen molar-refractivity contribution in [3.63, 3.8) is 0 Å². The Morgan fingerprint density at radius 2 is 1.78 bits per heavy atom. The molecule has 0 spiro atoms. The molecule has 5 atom stereocenters. The number of nitrogen functional groups attached to an aromatic ring is 1. The van der Waals surface area contributed by atoms with E-state index in [1.165, 1.54) is 18.1 Å². The van der Waals surface area contributed by atoms with Crippen molar-refractivity contribution in [2.45, 2.75) is 55.0 Å². The number of hydrogen-bond acceptors (Lipinski definition) is 17. The fourth-order valence-corrected chi connectivity index (χ4v) is 6.48. The van der Waals surface area contributed by atoms with Crippen molar-refractivity contribution >= 4 is 41.3 Å². The number of carboxylic acids is 1. The summed E-state index contributed by atoms with van der Waals surface area (Å²) >= 11 is 1.42.